The fourth-order valence-corrected chi connectivity index (χ4v) is 3.32. The molecular formula is C20H32F3IN4O. The molecule has 1 saturated carbocycles. The Bertz CT molecular complexity index is 605. The van der Waals surface area contributed by atoms with Crippen molar-refractivity contribution in [3.63, 3.8) is 0 Å². The van der Waals surface area contributed by atoms with Gasteiger partial charge in [0.2, 0.25) is 0 Å². The highest BCUT2D eigenvalue weighted by Gasteiger charge is 2.27. The van der Waals surface area contributed by atoms with E-state index in [4.69, 9.17) is 0 Å². The highest BCUT2D eigenvalue weighted by molar-refractivity contribution is 14.0. The molecule has 2 N–H and O–H groups in total. The second-order valence-electron chi connectivity index (χ2n) is 7.20. The van der Waals surface area contributed by atoms with Crippen LogP contribution in [0, 0.1) is 0 Å². The van der Waals surface area contributed by atoms with Crippen LogP contribution in [0.2, 0.25) is 0 Å². The van der Waals surface area contributed by atoms with E-state index in [2.05, 4.69) is 32.3 Å². The average Bonchev–Trinajstić information content (AvgIpc) is 3.19. The molecule has 0 aromatic heterocycles. The summed E-state index contributed by atoms with van der Waals surface area (Å²) in [6.07, 6.45) is 0.956. The lowest BCUT2D eigenvalue weighted by Crippen LogP contribution is -2.42. The van der Waals surface area contributed by atoms with Crippen LogP contribution in [0.4, 0.5) is 13.2 Å². The number of likely N-dealkylation sites (N-methyl/N-ethyl adjacent to an activating group) is 1. The number of benzene rings is 1. The maximum Gasteiger partial charge on any atom is 0.411 e. The Balaban J connectivity index is 0.00000420. The lowest BCUT2D eigenvalue weighted by Gasteiger charge is -2.24. The number of ether oxygens (including phenoxy) is 1. The maximum absolute atomic E-state index is 12.1. The lowest BCUT2D eigenvalue weighted by molar-refractivity contribution is -0.176. The molecule has 2 rings (SSSR count). The summed E-state index contributed by atoms with van der Waals surface area (Å²) in [4.78, 5) is 6.64. The number of alkyl halides is 3. The van der Waals surface area contributed by atoms with Crippen LogP contribution >= 0.6 is 24.0 Å². The van der Waals surface area contributed by atoms with Gasteiger partial charge in [0.05, 0.1) is 6.61 Å². The summed E-state index contributed by atoms with van der Waals surface area (Å²) in [6, 6.07) is 8.01. The molecule has 1 aliphatic carbocycles. The number of rotatable bonds is 9. The molecule has 0 amide bonds. The van der Waals surface area contributed by atoms with Crippen molar-refractivity contribution in [2.45, 2.75) is 51.1 Å². The lowest BCUT2D eigenvalue weighted by atomic mass is 10.1. The summed E-state index contributed by atoms with van der Waals surface area (Å²) >= 11 is 0. The van der Waals surface area contributed by atoms with E-state index < -0.39 is 12.8 Å². The van der Waals surface area contributed by atoms with E-state index >= 15 is 0 Å². The van der Waals surface area contributed by atoms with Crippen molar-refractivity contribution < 1.29 is 17.9 Å². The predicted octanol–water partition coefficient (Wildman–Crippen LogP) is 3.92. The molecule has 0 bridgehead atoms. The molecule has 29 heavy (non-hydrogen) atoms. The summed E-state index contributed by atoms with van der Waals surface area (Å²) in [5.74, 6) is 0.734. The molecule has 0 atom stereocenters. The minimum atomic E-state index is -4.29. The number of hydrogen-bond acceptors (Lipinski definition) is 3. The van der Waals surface area contributed by atoms with Crippen molar-refractivity contribution >= 4 is 29.9 Å². The summed E-state index contributed by atoms with van der Waals surface area (Å²) in [6.45, 7) is 1.10. The molecule has 1 aromatic rings. The van der Waals surface area contributed by atoms with E-state index in [0.717, 1.165) is 24.6 Å². The first-order chi connectivity index (χ1) is 13.4. The van der Waals surface area contributed by atoms with Gasteiger partial charge in [-0.05, 0) is 31.0 Å². The number of nitrogens with one attached hydrogen (secondary N) is 2. The largest absolute Gasteiger partial charge is 0.411 e. The van der Waals surface area contributed by atoms with Crippen LogP contribution in [0.3, 0.4) is 0 Å². The van der Waals surface area contributed by atoms with Crippen molar-refractivity contribution in [2.24, 2.45) is 4.99 Å². The Morgan fingerprint density at radius 1 is 1.14 bits per heavy atom. The molecule has 166 valence electrons. The third-order valence-corrected chi connectivity index (χ3v) is 4.95. The minimum absolute atomic E-state index is 0. The van der Waals surface area contributed by atoms with Crippen LogP contribution in [-0.2, 0) is 17.9 Å². The fraction of sp³-hybridized carbons (Fsp3) is 0.650. The van der Waals surface area contributed by atoms with Crippen molar-refractivity contribution in [3.05, 3.63) is 35.4 Å². The van der Waals surface area contributed by atoms with E-state index in [0.29, 0.717) is 18.2 Å². The van der Waals surface area contributed by atoms with Gasteiger partial charge in [0.15, 0.2) is 5.96 Å². The standard InChI is InChI=1S/C20H31F3N4O.HI/c1-24-19(25-11-12-27(2)18-5-3-4-6-18)26-13-16-7-9-17(10-8-16)14-28-15-20(21,22)23;/h7-10,18H,3-6,11-15H2,1-2H3,(H2,24,25,26);1H. The van der Waals surface area contributed by atoms with Gasteiger partial charge >= 0.3 is 6.18 Å². The molecule has 0 aliphatic heterocycles. The molecule has 9 heteroatoms. The van der Waals surface area contributed by atoms with Gasteiger partial charge < -0.3 is 20.3 Å². The Hall–Kier alpha value is -1.07. The molecule has 1 aliphatic rings. The maximum atomic E-state index is 12.1. The quantitative estimate of drug-likeness (QED) is 0.290. The third kappa shape index (κ3) is 10.5. The molecule has 0 spiro atoms. The van der Waals surface area contributed by atoms with Crippen LogP contribution in [0.5, 0.6) is 0 Å². The molecule has 1 fully saturated rings. The molecule has 0 saturated heterocycles. The van der Waals surface area contributed by atoms with Gasteiger partial charge in [-0.2, -0.15) is 13.2 Å². The van der Waals surface area contributed by atoms with E-state index in [-0.39, 0.29) is 30.6 Å². The number of halogens is 4. The highest BCUT2D eigenvalue weighted by Crippen LogP contribution is 2.21. The Labute approximate surface area is 188 Å². The van der Waals surface area contributed by atoms with Crippen molar-refractivity contribution in [1.29, 1.82) is 0 Å². The van der Waals surface area contributed by atoms with Crippen LogP contribution in [-0.4, -0.2) is 56.9 Å². The Kier molecular flexibility index (Phi) is 11.9. The first kappa shape index (κ1) is 26.0. The third-order valence-electron chi connectivity index (χ3n) is 4.95. The molecule has 0 radical (unpaired) electrons. The summed E-state index contributed by atoms with van der Waals surface area (Å²) < 4.78 is 40.9. The van der Waals surface area contributed by atoms with Gasteiger partial charge in [-0.3, -0.25) is 4.99 Å². The van der Waals surface area contributed by atoms with Crippen LogP contribution in [0.15, 0.2) is 29.3 Å². The highest BCUT2D eigenvalue weighted by atomic mass is 127. The summed E-state index contributed by atoms with van der Waals surface area (Å²) in [5, 5.41) is 6.57. The summed E-state index contributed by atoms with van der Waals surface area (Å²) in [7, 11) is 3.91. The van der Waals surface area contributed by atoms with E-state index in [1.54, 1.807) is 19.2 Å². The van der Waals surface area contributed by atoms with Gasteiger partial charge in [0.1, 0.15) is 6.61 Å². The molecule has 5 nitrogen and oxygen atoms in total. The first-order valence-electron chi connectivity index (χ1n) is 9.74. The Morgan fingerprint density at radius 2 is 1.76 bits per heavy atom. The van der Waals surface area contributed by atoms with Gasteiger partial charge in [-0.1, -0.05) is 37.1 Å². The topological polar surface area (TPSA) is 48.9 Å². The second-order valence-corrected chi connectivity index (χ2v) is 7.20. The zero-order valence-corrected chi connectivity index (χ0v) is 19.4. The Morgan fingerprint density at radius 3 is 2.34 bits per heavy atom. The molecule has 1 aromatic carbocycles. The van der Waals surface area contributed by atoms with Crippen molar-refractivity contribution in [1.82, 2.24) is 15.5 Å². The fourth-order valence-electron chi connectivity index (χ4n) is 3.32. The molecular weight excluding hydrogens is 496 g/mol. The van der Waals surface area contributed by atoms with Gasteiger partial charge in [-0.15, -0.1) is 24.0 Å². The van der Waals surface area contributed by atoms with Crippen LogP contribution in [0.25, 0.3) is 0 Å². The van der Waals surface area contributed by atoms with Gasteiger partial charge in [-0.25, -0.2) is 0 Å². The van der Waals surface area contributed by atoms with Gasteiger partial charge in [0, 0.05) is 32.7 Å². The molecule has 0 unspecified atom stereocenters. The monoisotopic (exact) mass is 528 g/mol. The second kappa shape index (κ2) is 13.3. The van der Waals surface area contributed by atoms with E-state index in [1.807, 2.05) is 12.1 Å². The zero-order valence-electron chi connectivity index (χ0n) is 17.1. The number of nitrogens with zero attached hydrogens (tertiary/aromatic N) is 2. The summed E-state index contributed by atoms with van der Waals surface area (Å²) in [5.41, 5.74) is 1.73. The predicted molar refractivity (Wildman–Crippen MR) is 121 cm³/mol. The van der Waals surface area contributed by atoms with Crippen molar-refractivity contribution in [3.8, 4) is 0 Å². The smallest absolute Gasteiger partial charge is 0.367 e. The zero-order chi connectivity index (χ0) is 20.4. The normalized spacial score (nSPS) is 15.4. The van der Waals surface area contributed by atoms with Crippen molar-refractivity contribution in [2.75, 3.05) is 33.8 Å². The van der Waals surface area contributed by atoms with Crippen LogP contribution < -0.4 is 10.6 Å². The number of aliphatic imine (C=N–C) groups is 1. The SMILES string of the molecule is CN=C(NCCN(C)C1CCCC1)NCc1ccc(COCC(F)(F)F)cc1.I. The molecule has 0 heterocycles. The van der Waals surface area contributed by atoms with E-state index in [9.17, 15) is 13.2 Å². The van der Waals surface area contributed by atoms with Gasteiger partial charge in [0.25, 0.3) is 0 Å². The number of hydrogen-bond donors (Lipinski definition) is 2. The van der Waals surface area contributed by atoms with E-state index in [1.165, 1.54) is 25.7 Å². The van der Waals surface area contributed by atoms with Crippen LogP contribution in [0.1, 0.15) is 36.8 Å². The average molecular weight is 528 g/mol. The minimum Gasteiger partial charge on any atom is -0.367 e. The first-order valence-corrected chi connectivity index (χ1v) is 9.74. The number of guanidine groups is 1.